The van der Waals surface area contributed by atoms with Crippen LogP contribution < -0.4 is 5.73 Å². The summed E-state index contributed by atoms with van der Waals surface area (Å²) in [5, 5.41) is 0. The van der Waals surface area contributed by atoms with Crippen LogP contribution in [-0.2, 0) is 4.79 Å². The minimum atomic E-state index is -0.302. The van der Waals surface area contributed by atoms with Gasteiger partial charge in [-0.2, -0.15) is 0 Å². The largest absolute Gasteiger partial charge is 0.342 e. The Kier molecular flexibility index (Phi) is 6.03. The Morgan fingerprint density at radius 1 is 1.10 bits per heavy atom. The number of para-hydroxylation sites is 2. The molecule has 3 fully saturated rings. The van der Waals surface area contributed by atoms with Crippen molar-refractivity contribution in [2.75, 3.05) is 31.3 Å². The van der Waals surface area contributed by atoms with E-state index in [9.17, 15) is 4.79 Å². The molecule has 1 aromatic heterocycles. The van der Waals surface area contributed by atoms with Gasteiger partial charge < -0.3 is 20.5 Å². The molecule has 162 valence electrons. The van der Waals surface area contributed by atoms with E-state index in [-0.39, 0.29) is 11.9 Å². The molecule has 2 aliphatic heterocycles. The molecule has 1 aliphatic carbocycles. The van der Waals surface area contributed by atoms with Gasteiger partial charge in [0.05, 0.1) is 23.0 Å². The summed E-state index contributed by atoms with van der Waals surface area (Å²) in [6.07, 6.45) is 6.87. The van der Waals surface area contributed by atoms with Crippen molar-refractivity contribution in [2.45, 2.75) is 56.5 Å². The number of benzene rings is 1. The second-order valence-corrected chi connectivity index (χ2v) is 10.3. The number of nitrogens with one attached hydrogen (secondary N) is 1. The van der Waals surface area contributed by atoms with E-state index in [4.69, 9.17) is 10.7 Å². The third kappa shape index (κ3) is 4.12. The van der Waals surface area contributed by atoms with Crippen molar-refractivity contribution in [2.24, 2.45) is 11.7 Å². The normalized spacial score (nSPS) is 27.6. The first-order valence-electron chi connectivity index (χ1n) is 11.5. The zero-order chi connectivity index (χ0) is 20.5. The van der Waals surface area contributed by atoms with Crippen LogP contribution in [-0.4, -0.2) is 69.0 Å². The fraction of sp³-hybridized carbons (Fsp3) is 0.652. The molecule has 6 nitrogen and oxygen atoms in total. The number of piperidine rings is 1. The van der Waals surface area contributed by atoms with Crippen molar-refractivity contribution in [1.29, 1.82) is 0 Å². The van der Waals surface area contributed by atoms with Crippen LogP contribution in [0.2, 0.25) is 0 Å². The third-order valence-corrected chi connectivity index (χ3v) is 8.40. The number of carbonyl (C=O) groups is 1. The van der Waals surface area contributed by atoms with E-state index in [2.05, 4.69) is 34.1 Å². The van der Waals surface area contributed by atoms with Crippen LogP contribution >= 0.6 is 11.8 Å². The summed E-state index contributed by atoms with van der Waals surface area (Å²) in [5.41, 5.74) is 8.61. The molecule has 5 rings (SSSR count). The smallest absolute Gasteiger partial charge is 0.240 e. The van der Waals surface area contributed by atoms with Gasteiger partial charge in [0.1, 0.15) is 5.82 Å². The van der Waals surface area contributed by atoms with Gasteiger partial charge in [-0.3, -0.25) is 4.79 Å². The second-order valence-electron chi connectivity index (χ2n) is 9.18. The maximum Gasteiger partial charge on any atom is 0.240 e. The maximum atomic E-state index is 12.6. The maximum absolute atomic E-state index is 12.6. The molecular weight excluding hydrogens is 394 g/mol. The van der Waals surface area contributed by atoms with E-state index >= 15 is 0 Å². The average Bonchev–Trinajstić information content (AvgIpc) is 3.48. The number of nitrogens with zero attached hydrogens (tertiary/aromatic N) is 3. The predicted molar refractivity (Wildman–Crippen MR) is 122 cm³/mol. The molecule has 0 radical (unpaired) electrons. The minimum absolute atomic E-state index is 0.176. The lowest BCUT2D eigenvalue weighted by atomic mass is 9.80. The van der Waals surface area contributed by atoms with E-state index in [1.807, 2.05) is 16.7 Å². The SMILES string of the molecule is N[C@H](C(=O)N1CCSC1)C1CCC(N2CCC(c3nc4ccccc4[nH]3)CC2)CC1. The number of likely N-dealkylation sites (tertiary alicyclic amines) is 1. The number of imidazole rings is 1. The van der Waals surface area contributed by atoms with Crippen LogP contribution in [0, 0.1) is 5.92 Å². The molecule has 1 saturated carbocycles. The molecular formula is C23H33N5OS. The predicted octanol–water partition coefficient (Wildman–Crippen LogP) is 3.16. The lowest BCUT2D eigenvalue weighted by molar-refractivity contribution is -0.132. The number of hydrogen-bond acceptors (Lipinski definition) is 5. The molecule has 2 saturated heterocycles. The Morgan fingerprint density at radius 2 is 1.87 bits per heavy atom. The van der Waals surface area contributed by atoms with Gasteiger partial charge in [-0.25, -0.2) is 4.98 Å². The topological polar surface area (TPSA) is 78.2 Å². The van der Waals surface area contributed by atoms with Crippen LogP contribution in [0.15, 0.2) is 24.3 Å². The Hall–Kier alpha value is -1.57. The monoisotopic (exact) mass is 427 g/mol. The fourth-order valence-corrected chi connectivity index (χ4v) is 6.49. The van der Waals surface area contributed by atoms with Crippen LogP contribution in [0.3, 0.4) is 0 Å². The van der Waals surface area contributed by atoms with E-state index in [0.717, 1.165) is 61.0 Å². The first-order valence-corrected chi connectivity index (χ1v) is 12.7. The molecule has 1 amide bonds. The molecule has 1 atom stereocenters. The van der Waals surface area contributed by atoms with Crippen molar-refractivity contribution in [3.63, 3.8) is 0 Å². The number of nitrogens with two attached hydrogens (primary N) is 1. The highest BCUT2D eigenvalue weighted by atomic mass is 32.2. The number of aromatic amines is 1. The number of hydrogen-bond donors (Lipinski definition) is 2. The molecule has 0 unspecified atom stereocenters. The van der Waals surface area contributed by atoms with Gasteiger partial charge in [0.2, 0.25) is 5.91 Å². The quantitative estimate of drug-likeness (QED) is 0.784. The molecule has 1 aromatic carbocycles. The highest BCUT2D eigenvalue weighted by Gasteiger charge is 2.35. The van der Waals surface area contributed by atoms with E-state index < -0.39 is 0 Å². The summed E-state index contributed by atoms with van der Waals surface area (Å²) in [7, 11) is 0. The molecule has 3 N–H and O–H groups in total. The molecule has 0 bridgehead atoms. The van der Waals surface area contributed by atoms with Gasteiger partial charge in [0.25, 0.3) is 0 Å². The first-order chi connectivity index (χ1) is 14.7. The number of rotatable bonds is 4. The standard InChI is InChI=1S/C23H33N5OS/c24-21(23(29)28-13-14-30-15-28)16-5-7-18(8-6-16)27-11-9-17(10-12-27)22-25-19-3-1-2-4-20(19)26-22/h1-4,16-18,21H,5-15,24H2,(H,25,26)/t16?,18?,21-/m0/s1. The van der Waals surface area contributed by atoms with Crippen molar-refractivity contribution in [1.82, 2.24) is 19.8 Å². The summed E-state index contributed by atoms with van der Waals surface area (Å²) in [6.45, 7) is 3.16. The van der Waals surface area contributed by atoms with Gasteiger partial charge in [-0.15, -0.1) is 11.8 Å². The van der Waals surface area contributed by atoms with E-state index in [1.54, 1.807) is 0 Å². The molecule has 3 aliphatic rings. The fourth-order valence-electron chi connectivity index (χ4n) is 5.53. The van der Waals surface area contributed by atoms with Crippen molar-refractivity contribution >= 4 is 28.7 Å². The van der Waals surface area contributed by atoms with Crippen molar-refractivity contribution in [3.8, 4) is 0 Å². The summed E-state index contributed by atoms with van der Waals surface area (Å²) < 4.78 is 0. The number of amides is 1. The van der Waals surface area contributed by atoms with E-state index in [1.165, 1.54) is 25.7 Å². The number of carbonyl (C=O) groups excluding carboxylic acids is 1. The lowest BCUT2D eigenvalue weighted by Gasteiger charge is -2.41. The number of thioether (sulfide) groups is 1. The van der Waals surface area contributed by atoms with Crippen LogP contribution in [0.5, 0.6) is 0 Å². The molecule has 30 heavy (non-hydrogen) atoms. The van der Waals surface area contributed by atoms with E-state index in [0.29, 0.717) is 17.9 Å². The summed E-state index contributed by atoms with van der Waals surface area (Å²) in [5.74, 6) is 4.10. The molecule has 2 aromatic rings. The Labute approximate surface area is 183 Å². The van der Waals surface area contributed by atoms with Gasteiger partial charge in [0, 0.05) is 24.3 Å². The highest BCUT2D eigenvalue weighted by Crippen LogP contribution is 2.34. The molecule has 3 heterocycles. The second kappa shape index (κ2) is 8.89. The lowest BCUT2D eigenvalue weighted by Crippen LogP contribution is -2.49. The highest BCUT2D eigenvalue weighted by molar-refractivity contribution is 7.99. The Bertz CT molecular complexity index is 830. The van der Waals surface area contributed by atoms with Gasteiger partial charge in [-0.05, 0) is 69.7 Å². The minimum Gasteiger partial charge on any atom is -0.342 e. The Balaban J connectivity index is 1.11. The zero-order valence-electron chi connectivity index (χ0n) is 17.6. The number of fused-ring (bicyclic) bond motifs is 1. The molecule has 7 heteroatoms. The van der Waals surface area contributed by atoms with Crippen molar-refractivity contribution < 1.29 is 4.79 Å². The summed E-state index contributed by atoms with van der Waals surface area (Å²) in [4.78, 5) is 25.6. The number of H-pyrrole nitrogens is 1. The first kappa shape index (κ1) is 20.3. The average molecular weight is 428 g/mol. The van der Waals surface area contributed by atoms with Crippen molar-refractivity contribution in [3.05, 3.63) is 30.1 Å². The van der Waals surface area contributed by atoms with Crippen LogP contribution in [0.1, 0.15) is 50.3 Å². The van der Waals surface area contributed by atoms with Gasteiger partial charge in [0.15, 0.2) is 0 Å². The van der Waals surface area contributed by atoms with Gasteiger partial charge in [-0.1, -0.05) is 12.1 Å². The Morgan fingerprint density at radius 3 is 2.57 bits per heavy atom. The summed E-state index contributed by atoms with van der Waals surface area (Å²) in [6, 6.07) is 8.66. The molecule has 0 spiro atoms. The third-order valence-electron chi connectivity index (χ3n) is 7.44. The van der Waals surface area contributed by atoms with Crippen LogP contribution in [0.4, 0.5) is 0 Å². The summed E-state index contributed by atoms with van der Waals surface area (Å²) >= 11 is 1.83. The van der Waals surface area contributed by atoms with Crippen LogP contribution in [0.25, 0.3) is 11.0 Å². The zero-order valence-corrected chi connectivity index (χ0v) is 18.4. The number of aromatic nitrogens is 2. The van der Waals surface area contributed by atoms with Gasteiger partial charge >= 0.3 is 0 Å².